The van der Waals surface area contributed by atoms with Crippen molar-refractivity contribution in [3.63, 3.8) is 0 Å². The zero-order valence-corrected chi connectivity index (χ0v) is 12.7. The van der Waals surface area contributed by atoms with Crippen LogP contribution in [-0.4, -0.2) is 13.7 Å². The topological polar surface area (TPSA) is 60.2 Å². The van der Waals surface area contributed by atoms with Gasteiger partial charge in [0.25, 0.3) is 0 Å². The molecule has 0 saturated heterocycles. The molecule has 1 saturated carbocycles. The van der Waals surface area contributed by atoms with Gasteiger partial charge in [0.05, 0.1) is 16.0 Å². The highest BCUT2D eigenvalue weighted by Crippen LogP contribution is 2.38. The summed E-state index contributed by atoms with van der Waals surface area (Å²) in [6, 6.07) is 4.87. The molecule has 0 spiro atoms. The monoisotopic (exact) mass is 301 g/mol. The number of sulfone groups is 1. The second-order valence-corrected chi connectivity index (χ2v) is 7.71. The largest absolute Gasteiger partial charge is 0.398 e. The van der Waals surface area contributed by atoms with Gasteiger partial charge in [-0.1, -0.05) is 43.9 Å². The van der Waals surface area contributed by atoms with E-state index in [4.69, 9.17) is 17.3 Å². The van der Waals surface area contributed by atoms with Gasteiger partial charge >= 0.3 is 0 Å². The Balaban J connectivity index is 2.47. The van der Waals surface area contributed by atoms with Crippen LogP contribution in [0.15, 0.2) is 23.1 Å². The number of benzene rings is 1. The minimum atomic E-state index is -3.44. The van der Waals surface area contributed by atoms with Crippen molar-refractivity contribution < 1.29 is 8.42 Å². The van der Waals surface area contributed by atoms with Crippen LogP contribution in [0.5, 0.6) is 0 Å². The number of hydrogen-bond acceptors (Lipinski definition) is 3. The summed E-state index contributed by atoms with van der Waals surface area (Å²) >= 11 is 6.06. The standard InChI is InChI=1S/C14H20ClNO2S/c1-2-10-6-3-4-9-13(10)19(17,18)14-11(15)7-5-8-12(14)16/h5,7-8,10,13H,2-4,6,9,16H2,1H3. The van der Waals surface area contributed by atoms with E-state index in [0.29, 0.717) is 6.42 Å². The maximum Gasteiger partial charge on any atom is 0.185 e. The van der Waals surface area contributed by atoms with Crippen molar-refractivity contribution in [2.24, 2.45) is 5.92 Å². The third-order valence-corrected chi connectivity index (χ3v) is 6.91. The first kappa shape index (κ1) is 14.7. The summed E-state index contributed by atoms with van der Waals surface area (Å²) in [4.78, 5) is 0.127. The van der Waals surface area contributed by atoms with Crippen LogP contribution in [0.2, 0.25) is 5.02 Å². The smallest absolute Gasteiger partial charge is 0.185 e. The van der Waals surface area contributed by atoms with E-state index < -0.39 is 9.84 Å². The quantitative estimate of drug-likeness (QED) is 0.867. The van der Waals surface area contributed by atoms with Crippen LogP contribution < -0.4 is 5.73 Å². The lowest BCUT2D eigenvalue weighted by Crippen LogP contribution is -2.33. The fourth-order valence-corrected chi connectivity index (χ4v) is 5.88. The molecule has 1 aromatic rings. The number of hydrogen-bond donors (Lipinski definition) is 1. The Labute approximate surface area is 120 Å². The molecule has 0 aromatic heterocycles. The SMILES string of the molecule is CCC1CCCCC1S(=O)(=O)c1c(N)cccc1Cl. The van der Waals surface area contributed by atoms with E-state index >= 15 is 0 Å². The van der Waals surface area contributed by atoms with Gasteiger partial charge in [0.1, 0.15) is 4.90 Å². The van der Waals surface area contributed by atoms with Gasteiger partial charge in [-0.15, -0.1) is 0 Å². The van der Waals surface area contributed by atoms with Crippen LogP contribution in [0, 0.1) is 5.92 Å². The van der Waals surface area contributed by atoms with Crippen LogP contribution in [-0.2, 0) is 9.84 Å². The molecule has 1 aromatic carbocycles. The predicted molar refractivity (Wildman–Crippen MR) is 79.1 cm³/mol. The van der Waals surface area contributed by atoms with Gasteiger partial charge in [-0.2, -0.15) is 0 Å². The molecule has 5 heteroatoms. The molecule has 2 N–H and O–H groups in total. The number of rotatable bonds is 3. The molecule has 106 valence electrons. The van der Waals surface area contributed by atoms with Gasteiger partial charge in [0.15, 0.2) is 9.84 Å². The molecule has 1 fully saturated rings. The van der Waals surface area contributed by atoms with Gasteiger partial charge in [0, 0.05) is 0 Å². The van der Waals surface area contributed by atoms with E-state index in [1.165, 1.54) is 0 Å². The lowest BCUT2D eigenvalue weighted by atomic mass is 9.87. The Bertz CT molecular complexity index is 536. The van der Waals surface area contributed by atoms with Gasteiger partial charge < -0.3 is 5.73 Å². The fraction of sp³-hybridized carbons (Fsp3) is 0.571. The van der Waals surface area contributed by atoms with E-state index in [-0.39, 0.29) is 26.8 Å². The molecule has 1 aliphatic carbocycles. The number of nitrogen functional groups attached to an aromatic ring is 1. The molecule has 2 atom stereocenters. The fourth-order valence-electron chi connectivity index (χ4n) is 3.03. The third-order valence-electron chi connectivity index (χ3n) is 4.04. The summed E-state index contributed by atoms with van der Waals surface area (Å²) in [5, 5.41) is -0.103. The highest BCUT2D eigenvalue weighted by molar-refractivity contribution is 7.92. The maximum absolute atomic E-state index is 12.8. The molecule has 2 unspecified atom stereocenters. The van der Waals surface area contributed by atoms with Crippen LogP contribution >= 0.6 is 11.6 Å². The summed E-state index contributed by atoms with van der Waals surface area (Å²) in [5.41, 5.74) is 6.09. The van der Waals surface area contributed by atoms with E-state index in [2.05, 4.69) is 6.92 Å². The van der Waals surface area contributed by atoms with Gasteiger partial charge in [-0.25, -0.2) is 8.42 Å². The van der Waals surface area contributed by atoms with E-state index in [9.17, 15) is 8.42 Å². The third kappa shape index (κ3) is 2.75. The normalized spacial score (nSPS) is 24.3. The molecule has 0 heterocycles. The molecule has 1 aliphatic rings. The van der Waals surface area contributed by atoms with Crippen molar-refractivity contribution in [1.29, 1.82) is 0 Å². The van der Waals surface area contributed by atoms with Crippen molar-refractivity contribution in [1.82, 2.24) is 0 Å². The predicted octanol–water partition coefficient (Wildman–Crippen LogP) is 3.66. The minimum absolute atomic E-state index is 0.127. The summed E-state index contributed by atoms with van der Waals surface area (Å²) in [6.45, 7) is 2.05. The molecule has 0 amide bonds. The van der Waals surface area contributed by atoms with Crippen LogP contribution in [0.1, 0.15) is 39.0 Å². The molecular weight excluding hydrogens is 282 g/mol. The molecular formula is C14H20ClNO2S. The minimum Gasteiger partial charge on any atom is -0.398 e. The molecule has 2 rings (SSSR count). The lowest BCUT2D eigenvalue weighted by molar-refractivity contribution is 0.348. The zero-order valence-electron chi connectivity index (χ0n) is 11.1. The van der Waals surface area contributed by atoms with Crippen molar-refractivity contribution in [2.45, 2.75) is 49.2 Å². The van der Waals surface area contributed by atoms with Gasteiger partial charge in [-0.05, 0) is 30.9 Å². The number of halogens is 1. The van der Waals surface area contributed by atoms with Gasteiger partial charge in [-0.3, -0.25) is 0 Å². The highest BCUT2D eigenvalue weighted by atomic mass is 35.5. The number of nitrogens with two attached hydrogens (primary N) is 1. The van der Waals surface area contributed by atoms with Gasteiger partial charge in [0.2, 0.25) is 0 Å². The molecule has 0 bridgehead atoms. The summed E-state index contributed by atoms with van der Waals surface area (Å²) < 4.78 is 25.7. The average Bonchev–Trinajstić information content (AvgIpc) is 2.38. The first-order chi connectivity index (χ1) is 8.98. The van der Waals surface area contributed by atoms with Crippen LogP contribution in [0.3, 0.4) is 0 Å². The maximum atomic E-state index is 12.8. The zero-order chi connectivity index (χ0) is 14.0. The Morgan fingerprint density at radius 2 is 2.00 bits per heavy atom. The summed E-state index contributed by atoms with van der Waals surface area (Å²) in [5.74, 6) is 0.217. The molecule has 0 aliphatic heterocycles. The summed E-state index contributed by atoms with van der Waals surface area (Å²) in [6.07, 6.45) is 4.65. The van der Waals surface area contributed by atoms with Crippen molar-refractivity contribution in [2.75, 3.05) is 5.73 Å². The molecule has 19 heavy (non-hydrogen) atoms. The average molecular weight is 302 g/mol. The van der Waals surface area contributed by atoms with Crippen molar-refractivity contribution >= 4 is 27.1 Å². The van der Waals surface area contributed by atoms with Crippen molar-refractivity contribution in [3.05, 3.63) is 23.2 Å². The Morgan fingerprint density at radius 3 is 2.63 bits per heavy atom. The van der Waals surface area contributed by atoms with Crippen LogP contribution in [0.25, 0.3) is 0 Å². The van der Waals surface area contributed by atoms with Crippen molar-refractivity contribution in [3.8, 4) is 0 Å². The first-order valence-corrected chi connectivity index (χ1v) is 8.68. The van der Waals surface area contributed by atoms with E-state index in [0.717, 1.165) is 25.7 Å². The van der Waals surface area contributed by atoms with E-state index in [1.54, 1.807) is 18.2 Å². The number of anilines is 1. The Morgan fingerprint density at radius 1 is 1.32 bits per heavy atom. The molecule has 0 radical (unpaired) electrons. The van der Waals surface area contributed by atoms with Crippen LogP contribution in [0.4, 0.5) is 5.69 Å². The Kier molecular flexibility index (Phi) is 4.41. The Hall–Kier alpha value is -0.740. The molecule has 3 nitrogen and oxygen atoms in total. The van der Waals surface area contributed by atoms with E-state index in [1.807, 2.05) is 0 Å². The lowest BCUT2D eigenvalue weighted by Gasteiger charge is -2.31. The second-order valence-electron chi connectivity index (χ2n) is 5.19. The highest BCUT2D eigenvalue weighted by Gasteiger charge is 2.37. The summed E-state index contributed by atoms with van der Waals surface area (Å²) in [7, 11) is -3.44. The first-order valence-electron chi connectivity index (χ1n) is 6.76. The second kappa shape index (κ2) is 5.71.